The lowest BCUT2D eigenvalue weighted by Crippen LogP contribution is -2.59. The van der Waals surface area contributed by atoms with Gasteiger partial charge >= 0.3 is 12.3 Å². The van der Waals surface area contributed by atoms with E-state index in [1.54, 1.807) is 20.8 Å². The van der Waals surface area contributed by atoms with Crippen molar-refractivity contribution in [2.45, 2.75) is 77.9 Å². The Labute approximate surface area is 174 Å². The molecule has 0 spiro atoms. The highest BCUT2D eigenvalue weighted by Crippen LogP contribution is 2.26. The molecular weight excluding hydrogens is 407 g/mol. The maximum Gasteiger partial charge on any atom is 0.416 e. The zero-order chi connectivity index (χ0) is 23.2. The van der Waals surface area contributed by atoms with Crippen molar-refractivity contribution in [3.8, 4) is 0 Å². The fourth-order valence-electron chi connectivity index (χ4n) is 3.37. The minimum Gasteiger partial charge on any atom is -0.450 e. The average molecular weight is 439 g/mol. The Morgan fingerprint density at radius 3 is 2.20 bits per heavy atom. The average Bonchev–Trinajstić information content (AvgIpc) is 3.11. The van der Waals surface area contributed by atoms with Crippen molar-refractivity contribution in [2.24, 2.45) is 11.8 Å². The number of likely N-dealkylation sites (tertiary alicyclic amines) is 1. The van der Waals surface area contributed by atoms with Gasteiger partial charge in [-0.1, -0.05) is 27.7 Å². The lowest BCUT2D eigenvalue weighted by atomic mass is 9.97. The number of alkyl carbamates (subject to hydrolysis) is 1. The SMILES string of the molecule is CCOC(=O)N[C@H](C(=O)N1CCC[C@H]1C(=O)NC(C(C)C)C(O)C(F)(F)F)C(C)C. The number of hydrogen-bond acceptors (Lipinski definition) is 5. The summed E-state index contributed by atoms with van der Waals surface area (Å²) in [4.78, 5) is 38.8. The van der Waals surface area contributed by atoms with Gasteiger partial charge in [0.1, 0.15) is 12.1 Å². The van der Waals surface area contributed by atoms with Crippen LogP contribution < -0.4 is 10.6 Å². The van der Waals surface area contributed by atoms with Gasteiger partial charge in [0.15, 0.2) is 6.10 Å². The molecule has 8 nitrogen and oxygen atoms in total. The minimum atomic E-state index is -4.89. The molecule has 11 heteroatoms. The van der Waals surface area contributed by atoms with Crippen molar-refractivity contribution in [2.75, 3.05) is 13.2 Å². The van der Waals surface area contributed by atoms with Gasteiger partial charge in [-0.15, -0.1) is 0 Å². The van der Waals surface area contributed by atoms with Crippen molar-refractivity contribution in [3.63, 3.8) is 0 Å². The van der Waals surface area contributed by atoms with Gasteiger partial charge in [-0.25, -0.2) is 4.79 Å². The number of carbonyl (C=O) groups excluding carboxylic acids is 3. The van der Waals surface area contributed by atoms with E-state index >= 15 is 0 Å². The van der Waals surface area contributed by atoms with Crippen LogP contribution in [-0.4, -0.2) is 71.5 Å². The molecule has 0 aromatic rings. The monoisotopic (exact) mass is 439 g/mol. The molecule has 0 aromatic carbocycles. The number of aliphatic hydroxyl groups excluding tert-OH is 1. The third-order valence-corrected chi connectivity index (χ3v) is 5.02. The molecule has 0 aromatic heterocycles. The number of ether oxygens (including phenoxy) is 1. The van der Waals surface area contributed by atoms with Gasteiger partial charge in [0.2, 0.25) is 11.8 Å². The molecule has 1 heterocycles. The van der Waals surface area contributed by atoms with Crippen LogP contribution in [0.25, 0.3) is 0 Å². The summed E-state index contributed by atoms with van der Waals surface area (Å²) < 4.78 is 43.7. The molecule has 0 bridgehead atoms. The van der Waals surface area contributed by atoms with Gasteiger partial charge in [0.25, 0.3) is 0 Å². The van der Waals surface area contributed by atoms with Crippen molar-refractivity contribution in [1.29, 1.82) is 0 Å². The van der Waals surface area contributed by atoms with Crippen LogP contribution in [-0.2, 0) is 14.3 Å². The number of halogens is 3. The van der Waals surface area contributed by atoms with Gasteiger partial charge in [-0.05, 0) is 31.6 Å². The van der Waals surface area contributed by atoms with E-state index in [1.807, 2.05) is 0 Å². The summed E-state index contributed by atoms with van der Waals surface area (Å²) in [6.45, 7) is 8.32. The fraction of sp³-hybridized carbons (Fsp3) is 0.842. The van der Waals surface area contributed by atoms with Crippen molar-refractivity contribution in [3.05, 3.63) is 0 Å². The first-order chi connectivity index (χ1) is 13.8. The number of carbonyl (C=O) groups is 3. The van der Waals surface area contributed by atoms with E-state index in [0.29, 0.717) is 6.42 Å². The summed E-state index contributed by atoms with van der Waals surface area (Å²) >= 11 is 0. The number of hydrogen-bond donors (Lipinski definition) is 3. The largest absolute Gasteiger partial charge is 0.450 e. The van der Waals surface area contributed by atoms with Crippen LogP contribution >= 0.6 is 0 Å². The maximum absolute atomic E-state index is 13.0. The quantitative estimate of drug-likeness (QED) is 0.535. The molecule has 0 radical (unpaired) electrons. The number of aliphatic hydroxyl groups is 1. The molecule has 174 valence electrons. The molecule has 0 saturated carbocycles. The number of amides is 3. The maximum atomic E-state index is 13.0. The zero-order valence-electron chi connectivity index (χ0n) is 18.0. The van der Waals surface area contributed by atoms with Crippen LogP contribution in [0.2, 0.25) is 0 Å². The lowest BCUT2D eigenvalue weighted by molar-refractivity contribution is -0.215. The second-order valence-electron chi connectivity index (χ2n) is 8.04. The highest BCUT2D eigenvalue weighted by molar-refractivity contribution is 5.92. The molecule has 2 unspecified atom stereocenters. The molecule has 1 aliphatic rings. The van der Waals surface area contributed by atoms with Crippen molar-refractivity contribution >= 4 is 17.9 Å². The Bertz CT molecular complexity index is 613. The van der Waals surface area contributed by atoms with E-state index in [4.69, 9.17) is 4.74 Å². The molecule has 1 aliphatic heterocycles. The van der Waals surface area contributed by atoms with Crippen LogP contribution in [0.5, 0.6) is 0 Å². The Morgan fingerprint density at radius 1 is 1.13 bits per heavy atom. The highest BCUT2D eigenvalue weighted by Gasteiger charge is 2.46. The van der Waals surface area contributed by atoms with Crippen molar-refractivity contribution in [1.82, 2.24) is 15.5 Å². The number of rotatable bonds is 8. The van der Waals surface area contributed by atoms with Gasteiger partial charge < -0.3 is 25.4 Å². The first kappa shape index (κ1) is 26.0. The number of nitrogens with zero attached hydrogens (tertiary/aromatic N) is 1. The van der Waals surface area contributed by atoms with E-state index in [-0.39, 0.29) is 25.5 Å². The zero-order valence-corrected chi connectivity index (χ0v) is 18.0. The molecule has 3 N–H and O–H groups in total. The molecule has 3 amide bonds. The summed E-state index contributed by atoms with van der Waals surface area (Å²) in [7, 11) is 0. The van der Waals surface area contributed by atoms with Gasteiger partial charge in [0.05, 0.1) is 12.6 Å². The highest BCUT2D eigenvalue weighted by atomic mass is 19.4. The Kier molecular flexibility index (Phi) is 9.38. The first-order valence-corrected chi connectivity index (χ1v) is 10.1. The summed E-state index contributed by atoms with van der Waals surface area (Å²) in [5.74, 6) is -2.26. The Hall–Kier alpha value is -2.04. The summed E-state index contributed by atoms with van der Waals surface area (Å²) in [5, 5.41) is 14.4. The van der Waals surface area contributed by atoms with Gasteiger partial charge in [0, 0.05) is 6.54 Å². The van der Waals surface area contributed by atoms with Crippen molar-refractivity contribution < 1.29 is 37.4 Å². The van der Waals surface area contributed by atoms with Crippen LogP contribution in [0.1, 0.15) is 47.5 Å². The van der Waals surface area contributed by atoms with Crippen LogP contribution in [0.15, 0.2) is 0 Å². The number of alkyl halides is 3. The predicted molar refractivity (Wildman–Crippen MR) is 102 cm³/mol. The van der Waals surface area contributed by atoms with Crippen LogP contribution in [0.4, 0.5) is 18.0 Å². The molecular formula is C19H32F3N3O5. The Balaban J connectivity index is 2.96. The third-order valence-electron chi connectivity index (χ3n) is 5.02. The smallest absolute Gasteiger partial charge is 0.416 e. The van der Waals surface area contributed by atoms with Crippen LogP contribution in [0, 0.1) is 11.8 Å². The molecule has 1 fully saturated rings. The summed E-state index contributed by atoms with van der Waals surface area (Å²) in [5.41, 5.74) is 0. The third kappa shape index (κ3) is 6.75. The van der Waals surface area contributed by atoms with E-state index in [0.717, 1.165) is 0 Å². The normalized spacial score (nSPS) is 20.1. The fourth-order valence-corrected chi connectivity index (χ4v) is 3.37. The topological polar surface area (TPSA) is 108 Å². The second kappa shape index (κ2) is 10.8. The standard InChI is InChI=1S/C19H32F3N3O5/c1-6-30-18(29)24-14(11(4)5)17(28)25-9-7-8-12(25)16(27)23-13(10(2)3)15(26)19(20,21)22/h10-15,26H,6-9H2,1-5H3,(H,23,27)(H,24,29)/t12-,13?,14-,15?/m0/s1. The first-order valence-electron chi connectivity index (χ1n) is 10.1. The molecule has 4 atom stereocenters. The predicted octanol–water partition coefficient (Wildman–Crippen LogP) is 1.81. The number of nitrogens with one attached hydrogen (secondary N) is 2. The van der Waals surface area contributed by atoms with E-state index in [2.05, 4.69) is 10.6 Å². The van der Waals surface area contributed by atoms with E-state index in [1.165, 1.54) is 18.7 Å². The molecule has 0 aliphatic carbocycles. The van der Waals surface area contributed by atoms with Crippen LogP contribution in [0.3, 0.4) is 0 Å². The molecule has 1 rings (SSSR count). The summed E-state index contributed by atoms with van der Waals surface area (Å²) in [6, 6.07) is -3.47. The molecule has 30 heavy (non-hydrogen) atoms. The minimum absolute atomic E-state index is 0.123. The summed E-state index contributed by atoms with van der Waals surface area (Å²) in [6.07, 6.45) is -7.62. The second-order valence-corrected chi connectivity index (χ2v) is 8.04. The van der Waals surface area contributed by atoms with E-state index < -0.39 is 54.2 Å². The Morgan fingerprint density at radius 2 is 1.73 bits per heavy atom. The van der Waals surface area contributed by atoms with E-state index in [9.17, 15) is 32.7 Å². The van der Waals surface area contributed by atoms with Gasteiger partial charge in [-0.2, -0.15) is 13.2 Å². The molecule has 1 saturated heterocycles. The van der Waals surface area contributed by atoms with Gasteiger partial charge in [-0.3, -0.25) is 9.59 Å². The lowest BCUT2D eigenvalue weighted by Gasteiger charge is -2.33.